The van der Waals surface area contributed by atoms with Gasteiger partial charge in [-0.2, -0.15) is 0 Å². The van der Waals surface area contributed by atoms with E-state index < -0.39 is 0 Å². The number of hydrogen-bond acceptors (Lipinski definition) is 3. The first kappa shape index (κ1) is 17.6. The van der Waals surface area contributed by atoms with Crippen molar-refractivity contribution in [3.8, 4) is 17.2 Å². The van der Waals surface area contributed by atoms with Crippen LogP contribution in [0.2, 0.25) is 5.02 Å². The van der Waals surface area contributed by atoms with E-state index >= 15 is 0 Å². The highest BCUT2D eigenvalue weighted by atomic mass is 35.5. The predicted molar refractivity (Wildman–Crippen MR) is 91.2 cm³/mol. The molecule has 0 fully saturated rings. The summed E-state index contributed by atoms with van der Waals surface area (Å²) in [5, 5.41) is 0.632. The normalized spacial score (nSPS) is 10.8. The Morgan fingerprint density at radius 1 is 1.00 bits per heavy atom. The van der Waals surface area contributed by atoms with Crippen LogP contribution in [0.4, 0.5) is 4.39 Å². The molecule has 0 aliphatic heterocycles. The fourth-order valence-corrected chi connectivity index (χ4v) is 2.26. The van der Waals surface area contributed by atoms with E-state index in [1.54, 1.807) is 30.3 Å². The second-order valence-corrected chi connectivity index (χ2v) is 5.46. The Hall–Kier alpha value is -1.78. The Bertz CT molecular complexity index is 615. The van der Waals surface area contributed by atoms with Crippen molar-refractivity contribution in [2.75, 3.05) is 26.2 Å². The fraction of sp³-hybridized carbons (Fsp3) is 0.333. The van der Waals surface area contributed by atoms with Crippen LogP contribution in [-0.2, 0) is 0 Å². The van der Waals surface area contributed by atoms with Crippen molar-refractivity contribution < 1.29 is 13.9 Å². The maximum atomic E-state index is 13.5. The summed E-state index contributed by atoms with van der Waals surface area (Å²) in [4.78, 5) is 2.24. The maximum Gasteiger partial charge on any atom is 0.169 e. The minimum Gasteiger partial charge on any atom is -0.488 e. The lowest BCUT2D eigenvalue weighted by Gasteiger charge is -2.19. The van der Waals surface area contributed by atoms with E-state index in [9.17, 15) is 4.39 Å². The zero-order valence-electron chi connectivity index (χ0n) is 13.4. The second-order valence-electron chi connectivity index (χ2n) is 5.02. The van der Waals surface area contributed by atoms with E-state index in [0.29, 0.717) is 28.9 Å². The number of halogens is 2. The largest absolute Gasteiger partial charge is 0.488 e. The molecule has 3 nitrogen and oxygen atoms in total. The number of ether oxygens (including phenoxy) is 2. The molecule has 0 amide bonds. The molecule has 124 valence electrons. The summed E-state index contributed by atoms with van der Waals surface area (Å²) >= 11 is 5.86. The summed E-state index contributed by atoms with van der Waals surface area (Å²) in [6, 6.07) is 11.2. The molecule has 0 aromatic heterocycles. The average molecular weight is 338 g/mol. The number of benzene rings is 2. The first-order valence-corrected chi connectivity index (χ1v) is 8.08. The molecule has 0 aliphatic carbocycles. The summed E-state index contributed by atoms with van der Waals surface area (Å²) in [6.45, 7) is 7.36. The van der Waals surface area contributed by atoms with Crippen LogP contribution in [0.1, 0.15) is 13.8 Å². The van der Waals surface area contributed by atoms with Gasteiger partial charge >= 0.3 is 0 Å². The van der Waals surface area contributed by atoms with Crippen molar-refractivity contribution in [1.82, 2.24) is 4.90 Å². The van der Waals surface area contributed by atoms with Gasteiger partial charge in [-0.15, -0.1) is 0 Å². The smallest absolute Gasteiger partial charge is 0.169 e. The van der Waals surface area contributed by atoms with Crippen molar-refractivity contribution in [3.05, 3.63) is 53.3 Å². The van der Waals surface area contributed by atoms with Crippen molar-refractivity contribution >= 4 is 11.6 Å². The molecule has 2 aromatic carbocycles. The molecule has 23 heavy (non-hydrogen) atoms. The highest BCUT2D eigenvalue weighted by Crippen LogP contribution is 2.32. The van der Waals surface area contributed by atoms with Crippen LogP contribution in [0.3, 0.4) is 0 Å². The van der Waals surface area contributed by atoms with E-state index in [2.05, 4.69) is 18.7 Å². The molecule has 2 rings (SSSR count). The zero-order chi connectivity index (χ0) is 16.7. The summed E-state index contributed by atoms with van der Waals surface area (Å²) in [6.07, 6.45) is 0. The lowest BCUT2D eigenvalue weighted by Crippen LogP contribution is -2.27. The monoisotopic (exact) mass is 337 g/mol. The third-order valence-corrected chi connectivity index (χ3v) is 3.76. The quantitative estimate of drug-likeness (QED) is 0.677. The van der Waals surface area contributed by atoms with Gasteiger partial charge in [0.2, 0.25) is 0 Å². The number of likely N-dealkylation sites (N-methyl/N-ethyl adjacent to an activating group) is 1. The molecule has 0 radical (unpaired) electrons. The zero-order valence-corrected chi connectivity index (χ0v) is 14.1. The fourth-order valence-electron chi connectivity index (χ4n) is 2.13. The lowest BCUT2D eigenvalue weighted by molar-refractivity contribution is 0.218. The SMILES string of the molecule is CCN(CC)CCOc1cc(F)ccc1Oc1ccc(Cl)cc1. The summed E-state index contributed by atoms with van der Waals surface area (Å²) in [5.74, 6) is 1.14. The van der Waals surface area contributed by atoms with Gasteiger partial charge in [-0.1, -0.05) is 25.4 Å². The van der Waals surface area contributed by atoms with Crippen LogP contribution in [0, 0.1) is 5.82 Å². The predicted octanol–water partition coefficient (Wildman–Crippen LogP) is 4.99. The summed E-state index contributed by atoms with van der Waals surface area (Å²) in [5.41, 5.74) is 0. The first-order valence-electron chi connectivity index (χ1n) is 7.70. The van der Waals surface area contributed by atoms with Crippen molar-refractivity contribution in [1.29, 1.82) is 0 Å². The molecule has 0 spiro atoms. The Balaban J connectivity index is 2.06. The molecule has 0 N–H and O–H groups in total. The van der Waals surface area contributed by atoms with E-state index in [1.807, 2.05) is 0 Å². The Morgan fingerprint density at radius 2 is 1.70 bits per heavy atom. The van der Waals surface area contributed by atoms with Gasteiger partial charge in [-0.05, 0) is 49.5 Å². The van der Waals surface area contributed by atoms with Gasteiger partial charge < -0.3 is 14.4 Å². The third kappa shape index (κ3) is 5.41. The standard InChI is InChI=1S/C18H21ClFNO2/c1-3-21(4-2)11-12-22-18-13-15(20)7-10-17(18)23-16-8-5-14(19)6-9-16/h5-10,13H,3-4,11-12H2,1-2H3. The molecule has 0 aliphatic rings. The highest BCUT2D eigenvalue weighted by Gasteiger charge is 2.09. The Labute approximate surface area is 141 Å². The summed E-state index contributed by atoms with van der Waals surface area (Å²) in [7, 11) is 0. The topological polar surface area (TPSA) is 21.7 Å². The molecule has 0 bridgehead atoms. The molecular weight excluding hydrogens is 317 g/mol. The van der Waals surface area contributed by atoms with Gasteiger partial charge in [0, 0.05) is 17.6 Å². The molecule has 5 heteroatoms. The lowest BCUT2D eigenvalue weighted by atomic mass is 10.3. The molecule has 0 saturated heterocycles. The van der Waals surface area contributed by atoms with Crippen LogP contribution in [0.15, 0.2) is 42.5 Å². The van der Waals surface area contributed by atoms with Gasteiger partial charge in [0.25, 0.3) is 0 Å². The van der Waals surface area contributed by atoms with Crippen LogP contribution in [0.25, 0.3) is 0 Å². The van der Waals surface area contributed by atoms with Gasteiger partial charge in [-0.3, -0.25) is 0 Å². The van der Waals surface area contributed by atoms with Gasteiger partial charge in [0.05, 0.1) is 0 Å². The van der Waals surface area contributed by atoms with Crippen LogP contribution in [0.5, 0.6) is 17.2 Å². The average Bonchev–Trinajstić information content (AvgIpc) is 2.56. The van der Waals surface area contributed by atoms with E-state index in [1.165, 1.54) is 12.1 Å². The molecule has 0 saturated carbocycles. The van der Waals surface area contributed by atoms with Crippen molar-refractivity contribution in [2.45, 2.75) is 13.8 Å². The van der Waals surface area contributed by atoms with Crippen LogP contribution < -0.4 is 9.47 Å². The van der Waals surface area contributed by atoms with Gasteiger partial charge in [-0.25, -0.2) is 4.39 Å². The third-order valence-electron chi connectivity index (χ3n) is 3.51. The molecule has 2 aromatic rings. The molecule has 0 atom stereocenters. The number of hydrogen-bond donors (Lipinski definition) is 0. The molecule has 0 heterocycles. The Kier molecular flexibility index (Phi) is 6.68. The minimum atomic E-state index is -0.355. The first-order chi connectivity index (χ1) is 11.1. The van der Waals surface area contributed by atoms with Crippen molar-refractivity contribution in [2.24, 2.45) is 0 Å². The van der Waals surface area contributed by atoms with Gasteiger partial charge in [0.15, 0.2) is 11.5 Å². The Morgan fingerprint density at radius 3 is 2.35 bits per heavy atom. The number of nitrogens with zero attached hydrogens (tertiary/aromatic N) is 1. The second kappa shape index (κ2) is 8.75. The van der Waals surface area contributed by atoms with E-state index in [-0.39, 0.29) is 5.82 Å². The molecule has 0 unspecified atom stereocenters. The van der Waals surface area contributed by atoms with Crippen molar-refractivity contribution in [3.63, 3.8) is 0 Å². The minimum absolute atomic E-state index is 0.355. The van der Waals surface area contributed by atoms with E-state index in [0.717, 1.165) is 19.6 Å². The number of rotatable bonds is 8. The summed E-state index contributed by atoms with van der Waals surface area (Å²) < 4.78 is 25.0. The maximum absolute atomic E-state index is 13.5. The molecular formula is C18H21ClFNO2. The van der Waals surface area contributed by atoms with Gasteiger partial charge in [0.1, 0.15) is 18.2 Å². The van der Waals surface area contributed by atoms with Crippen LogP contribution in [-0.4, -0.2) is 31.1 Å². The van der Waals surface area contributed by atoms with Crippen LogP contribution >= 0.6 is 11.6 Å². The van der Waals surface area contributed by atoms with E-state index in [4.69, 9.17) is 21.1 Å². The highest BCUT2D eigenvalue weighted by molar-refractivity contribution is 6.30.